The molecule has 0 aromatic rings. The minimum Gasteiger partial charge on any atom is -0.403 e. The van der Waals surface area contributed by atoms with Crippen LogP contribution in [0, 0.1) is 5.92 Å². The van der Waals surface area contributed by atoms with Gasteiger partial charge in [0.1, 0.15) is 11.6 Å². The lowest BCUT2D eigenvalue weighted by molar-refractivity contribution is 0.173. The van der Waals surface area contributed by atoms with E-state index in [1.165, 1.54) is 17.3 Å². The molecule has 0 spiro atoms. The summed E-state index contributed by atoms with van der Waals surface area (Å²) in [6.45, 7) is 17.5. The van der Waals surface area contributed by atoms with Crippen LogP contribution in [0.3, 0.4) is 0 Å². The zero-order valence-corrected chi connectivity index (χ0v) is 21.4. The fourth-order valence-electron chi connectivity index (χ4n) is 3.99. The maximum absolute atomic E-state index is 9.15. The van der Waals surface area contributed by atoms with Crippen LogP contribution in [0.25, 0.3) is 0 Å². The molecular formula is C25H46N6O. The van der Waals surface area contributed by atoms with Crippen molar-refractivity contribution < 1.29 is 5.11 Å². The number of aliphatic hydroxyl groups excluding tert-OH is 1. The van der Waals surface area contributed by atoms with Gasteiger partial charge in [-0.15, -0.1) is 0 Å². The third-order valence-corrected chi connectivity index (χ3v) is 6.08. The molecule has 1 fully saturated rings. The zero-order chi connectivity index (χ0) is 24.4. The number of hydrogen-bond acceptors (Lipinski definition) is 7. The van der Waals surface area contributed by atoms with E-state index in [0.717, 1.165) is 49.6 Å². The highest BCUT2D eigenvalue weighted by atomic mass is 16.3. The summed E-state index contributed by atoms with van der Waals surface area (Å²) in [6.07, 6.45) is 6.38. The van der Waals surface area contributed by atoms with Gasteiger partial charge in [-0.3, -0.25) is 0 Å². The fraction of sp³-hybridized carbons (Fsp3) is 0.640. The number of rotatable bonds is 11. The second-order valence-corrected chi connectivity index (χ2v) is 9.32. The molecule has 0 aromatic carbocycles. The molecule has 1 aliphatic heterocycles. The minimum atomic E-state index is 0.0638. The quantitative estimate of drug-likeness (QED) is 0.333. The van der Waals surface area contributed by atoms with E-state index in [0.29, 0.717) is 24.3 Å². The van der Waals surface area contributed by atoms with Gasteiger partial charge in [-0.1, -0.05) is 26.0 Å². The first kappa shape index (κ1) is 27.6. The Morgan fingerprint density at radius 2 is 1.81 bits per heavy atom. The van der Waals surface area contributed by atoms with Crippen LogP contribution in [0.1, 0.15) is 53.9 Å². The molecule has 182 valence electrons. The largest absolute Gasteiger partial charge is 0.403 e. The number of nitrogens with two attached hydrogens (primary N) is 2. The van der Waals surface area contributed by atoms with Crippen molar-refractivity contribution in [1.82, 2.24) is 14.7 Å². The predicted molar refractivity (Wildman–Crippen MR) is 137 cm³/mol. The van der Waals surface area contributed by atoms with Crippen LogP contribution < -0.4 is 11.5 Å². The third-order valence-electron chi connectivity index (χ3n) is 6.08. The summed E-state index contributed by atoms with van der Waals surface area (Å²) >= 11 is 0. The second-order valence-electron chi connectivity index (χ2n) is 9.32. The van der Waals surface area contributed by atoms with E-state index in [9.17, 15) is 0 Å². The predicted octanol–water partition coefficient (Wildman–Crippen LogP) is 3.22. The Kier molecular flexibility index (Phi) is 11.4. The molecule has 0 unspecified atom stereocenters. The maximum Gasteiger partial charge on any atom is 0.121 e. The topological polar surface area (TPSA) is 94.3 Å². The van der Waals surface area contributed by atoms with Gasteiger partial charge >= 0.3 is 0 Å². The fourth-order valence-corrected chi connectivity index (χ4v) is 3.99. The number of likely N-dealkylation sites (tertiary alicyclic amines) is 1. The van der Waals surface area contributed by atoms with E-state index in [-0.39, 0.29) is 6.61 Å². The Labute approximate surface area is 195 Å². The molecule has 0 aliphatic carbocycles. The van der Waals surface area contributed by atoms with E-state index in [2.05, 4.69) is 51.0 Å². The normalized spacial score (nSPS) is 16.4. The Bertz CT molecular complexity index is 738. The lowest BCUT2D eigenvalue weighted by Crippen LogP contribution is -2.43. The molecule has 5 N–H and O–H groups in total. The van der Waals surface area contributed by atoms with Gasteiger partial charge in [0.15, 0.2) is 0 Å². The summed E-state index contributed by atoms with van der Waals surface area (Å²) in [5.74, 6) is 2.11. The first-order valence-corrected chi connectivity index (χ1v) is 11.6. The van der Waals surface area contributed by atoms with Gasteiger partial charge in [0.2, 0.25) is 0 Å². The number of piperidine rings is 1. The first-order valence-electron chi connectivity index (χ1n) is 11.6. The SMILES string of the molecule is C=C(/N=C(/C)C(CC(C)C)=C(C)C)N1CCC(N(C)/C(N)=C/C(=C\N)N(C)CCO)CC1. The lowest BCUT2D eigenvalue weighted by Gasteiger charge is -2.38. The van der Waals surface area contributed by atoms with Gasteiger partial charge in [0, 0.05) is 57.8 Å². The number of allylic oxidation sites excluding steroid dienone is 3. The molecule has 0 radical (unpaired) electrons. The Morgan fingerprint density at radius 3 is 2.28 bits per heavy atom. The number of aliphatic imine (C=N–C) groups is 1. The standard InChI is InChI=1S/C25H46N6O/c1-18(2)15-24(19(3)4)20(5)28-21(6)31-11-9-22(10-12-31)30(8)25(27)16-23(17-26)29(7)13-14-32/h16-18,22,32H,6,9-15,26-27H2,1-5,7-8H3/b23-17+,25-16+,28-20-. The number of hydrogen-bond donors (Lipinski definition) is 3. The molecule has 7 heteroatoms. The molecule has 32 heavy (non-hydrogen) atoms. The summed E-state index contributed by atoms with van der Waals surface area (Å²) in [6, 6.07) is 0.344. The molecule has 1 rings (SSSR count). The van der Waals surface area contributed by atoms with Gasteiger partial charge in [-0.25, -0.2) is 4.99 Å². The smallest absolute Gasteiger partial charge is 0.121 e. The van der Waals surface area contributed by atoms with Crippen LogP contribution in [0.4, 0.5) is 0 Å². The van der Waals surface area contributed by atoms with Crippen molar-refractivity contribution in [3.63, 3.8) is 0 Å². The van der Waals surface area contributed by atoms with Gasteiger partial charge in [0.25, 0.3) is 0 Å². The summed E-state index contributed by atoms with van der Waals surface area (Å²) < 4.78 is 0. The lowest BCUT2D eigenvalue weighted by atomic mass is 9.96. The molecule has 0 bridgehead atoms. The van der Waals surface area contributed by atoms with Crippen molar-refractivity contribution in [2.75, 3.05) is 40.3 Å². The van der Waals surface area contributed by atoms with Crippen LogP contribution in [0.2, 0.25) is 0 Å². The molecule has 1 heterocycles. The molecule has 7 nitrogen and oxygen atoms in total. The van der Waals surface area contributed by atoms with Crippen LogP contribution >= 0.6 is 0 Å². The van der Waals surface area contributed by atoms with E-state index in [1.54, 1.807) is 0 Å². The Balaban J connectivity index is 2.77. The van der Waals surface area contributed by atoms with Crippen LogP contribution in [0.5, 0.6) is 0 Å². The Morgan fingerprint density at radius 1 is 1.22 bits per heavy atom. The molecule has 0 aromatic heterocycles. The molecule has 1 saturated heterocycles. The van der Waals surface area contributed by atoms with E-state index in [4.69, 9.17) is 21.6 Å². The summed E-state index contributed by atoms with van der Waals surface area (Å²) in [5.41, 5.74) is 16.6. The monoisotopic (exact) mass is 446 g/mol. The highest BCUT2D eigenvalue weighted by Crippen LogP contribution is 2.23. The van der Waals surface area contributed by atoms with E-state index >= 15 is 0 Å². The average molecular weight is 447 g/mol. The van der Waals surface area contributed by atoms with Crippen molar-refractivity contribution in [1.29, 1.82) is 0 Å². The number of aliphatic hydroxyl groups is 1. The van der Waals surface area contributed by atoms with Gasteiger partial charge in [0.05, 0.1) is 12.3 Å². The minimum absolute atomic E-state index is 0.0638. The van der Waals surface area contributed by atoms with Crippen LogP contribution in [-0.2, 0) is 0 Å². The van der Waals surface area contributed by atoms with Crippen molar-refractivity contribution in [3.05, 3.63) is 47.3 Å². The summed E-state index contributed by atoms with van der Waals surface area (Å²) in [4.78, 5) is 11.1. The summed E-state index contributed by atoms with van der Waals surface area (Å²) in [5, 5.41) is 9.15. The van der Waals surface area contributed by atoms with Gasteiger partial charge < -0.3 is 31.3 Å². The van der Waals surface area contributed by atoms with Crippen molar-refractivity contribution >= 4 is 5.71 Å². The van der Waals surface area contributed by atoms with Crippen LogP contribution in [-0.4, -0.2) is 71.9 Å². The highest BCUT2D eigenvalue weighted by molar-refractivity contribution is 5.99. The van der Waals surface area contributed by atoms with Gasteiger partial charge in [-0.2, -0.15) is 0 Å². The molecule has 1 aliphatic rings. The first-order chi connectivity index (χ1) is 15.0. The number of nitrogens with zero attached hydrogens (tertiary/aromatic N) is 4. The van der Waals surface area contributed by atoms with Crippen molar-refractivity contribution in [2.45, 2.75) is 59.9 Å². The maximum atomic E-state index is 9.15. The third kappa shape index (κ3) is 8.26. The van der Waals surface area contributed by atoms with Crippen molar-refractivity contribution in [2.24, 2.45) is 22.4 Å². The second kappa shape index (κ2) is 13.2. The van der Waals surface area contributed by atoms with Gasteiger partial charge in [-0.05, 0) is 51.5 Å². The van der Waals surface area contributed by atoms with E-state index in [1.807, 2.05) is 25.1 Å². The Hall–Kier alpha value is -2.41. The summed E-state index contributed by atoms with van der Waals surface area (Å²) in [7, 11) is 3.91. The zero-order valence-electron chi connectivity index (χ0n) is 21.4. The molecular weight excluding hydrogens is 400 g/mol. The molecule has 0 saturated carbocycles. The highest BCUT2D eigenvalue weighted by Gasteiger charge is 2.24. The average Bonchev–Trinajstić information content (AvgIpc) is 2.74. The van der Waals surface area contributed by atoms with Crippen LogP contribution in [0.15, 0.2) is 52.3 Å². The molecule has 0 amide bonds. The van der Waals surface area contributed by atoms with Crippen molar-refractivity contribution in [3.8, 4) is 0 Å². The van der Waals surface area contributed by atoms with E-state index < -0.39 is 0 Å². The number of likely N-dealkylation sites (N-methyl/N-ethyl adjacent to an activating group) is 1. The molecule has 0 atom stereocenters.